The number of hydrogen-bond donors (Lipinski definition) is 2. The highest BCUT2D eigenvalue weighted by atomic mass is 32.2. The van der Waals surface area contributed by atoms with E-state index in [2.05, 4.69) is 25.7 Å². The van der Waals surface area contributed by atoms with Gasteiger partial charge in [0.25, 0.3) is 17.7 Å². The van der Waals surface area contributed by atoms with Crippen LogP contribution < -0.4 is 5.32 Å². The summed E-state index contributed by atoms with van der Waals surface area (Å²) in [5.74, 6) is -2.55. The van der Waals surface area contributed by atoms with Crippen molar-refractivity contribution in [3.05, 3.63) is 35.7 Å². The van der Waals surface area contributed by atoms with E-state index in [1.54, 1.807) is 25.1 Å². The third kappa shape index (κ3) is 4.52. The predicted octanol–water partition coefficient (Wildman–Crippen LogP) is -0.390. The highest BCUT2D eigenvalue weighted by Crippen LogP contribution is 2.18. The van der Waals surface area contributed by atoms with Crippen molar-refractivity contribution >= 4 is 21.7 Å². The number of sulfone groups is 1. The summed E-state index contributed by atoms with van der Waals surface area (Å²) >= 11 is 0. The smallest absolute Gasteiger partial charge is 0.272 e. The molecule has 0 saturated heterocycles. The Balaban J connectivity index is 2.14. The minimum Gasteiger partial charge on any atom is -0.379 e. The number of nitrogens with one attached hydrogen (secondary N) is 1. The summed E-state index contributed by atoms with van der Waals surface area (Å²) in [5, 5.41) is 34.5. The van der Waals surface area contributed by atoms with Crippen molar-refractivity contribution < 1.29 is 18.3 Å². The van der Waals surface area contributed by atoms with Crippen LogP contribution in [0.5, 0.6) is 0 Å². The zero-order valence-corrected chi connectivity index (χ0v) is 14.1. The zero-order valence-electron chi connectivity index (χ0n) is 13.3. The monoisotopic (exact) mass is 362 g/mol. The van der Waals surface area contributed by atoms with Gasteiger partial charge >= 0.3 is 0 Å². The lowest BCUT2D eigenvalue weighted by Crippen LogP contribution is -2.46. The van der Waals surface area contributed by atoms with E-state index in [1.807, 2.05) is 0 Å². The second kappa shape index (κ2) is 6.88. The van der Waals surface area contributed by atoms with E-state index in [-0.39, 0.29) is 16.7 Å². The van der Waals surface area contributed by atoms with Gasteiger partial charge in [0, 0.05) is 0 Å². The number of anilines is 1. The Kier molecular flexibility index (Phi) is 5.05. The average molecular weight is 362 g/mol. The lowest BCUT2D eigenvalue weighted by Gasteiger charge is -2.21. The SMILES string of the molecule is Cc1ccc(S(=O)(=O)C[C@](C)(O)C(=O)Nc2nnc(C#N)nn2)cc1. The fourth-order valence-electron chi connectivity index (χ4n) is 1.82. The molecule has 11 heteroatoms. The lowest BCUT2D eigenvalue weighted by atomic mass is 10.1. The summed E-state index contributed by atoms with van der Waals surface area (Å²) in [6.45, 7) is 2.86. The number of hydrogen-bond acceptors (Lipinski definition) is 9. The van der Waals surface area contributed by atoms with Gasteiger partial charge in [-0.2, -0.15) is 5.26 Å². The predicted molar refractivity (Wildman–Crippen MR) is 84.8 cm³/mol. The van der Waals surface area contributed by atoms with Crippen LogP contribution in [-0.4, -0.2) is 51.2 Å². The van der Waals surface area contributed by atoms with Gasteiger partial charge in [-0.15, -0.1) is 20.4 Å². The molecule has 0 radical (unpaired) electrons. The van der Waals surface area contributed by atoms with Crippen LogP contribution in [0.2, 0.25) is 0 Å². The minimum absolute atomic E-state index is 0.0101. The summed E-state index contributed by atoms with van der Waals surface area (Å²) < 4.78 is 24.7. The highest BCUT2D eigenvalue weighted by Gasteiger charge is 2.37. The molecule has 2 aromatic rings. The summed E-state index contributed by atoms with van der Waals surface area (Å²) in [7, 11) is -3.91. The summed E-state index contributed by atoms with van der Waals surface area (Å²) in [5.41, 5.74) is -1.37. The maximum absolute atomic E-state index is 12.4. The molecule has 0 fully saturated rings. The molecule has 25 heavy (non-hydrogen) atoms. The van der Waals surface area contributed by atoms with E-state index in [1.165, 1.54) is 12.1 Å². The molecule has 1 amide bonds. The first-order valence-corrected chi connectivity index (χ1v) is 8.60. The first-order valence-electron chi connectivity index (χ1n) is 6.95. The van der Waals surface area contributed by atoms with Gasteiger partial charge in [-0.3, -0.25) is 10.1 Å². The molecule has 1 aromatic heterocycles. The maximum Gasteiger partial charge on any atom is 0.272 e. The molecule has 0 saturated carbocycles. The molecule has 1 aromatic carbocycles. The Morgan fingerprint density at radius 2 is 1.80 bits per heavy atom. The number of aliphatic hydroxyl groups is 1. The Morgan fingerprint density at radius 3 is 2.32 bits per heavy atom. The van der Waals surface area contributed by atoms with Gasteiger partial charge < -0.3 is 5.11 Å². The Hall–Kier alpha value is -2.97. The van der Waals surface area contributed by atoms with Crippen LogP contribution in [0.1, 0.15) is 18.3 Å². The first kappa shape index (κ1) is 18.4. The largest absolute Gasteiger partial charge is 0.379 e. The Morgan fingerprint density at radius 1 is 1.24 bits per heavy atom. The van der Waals surface area contributed by atoms with Gasteiger partial charge in [-0.1, -0.05) is 17.7 Å². The summed E-state index contributed by atoms with van der Waals surface area (Å²) in [6.07, 6.45) is 0. The Bertz CT molecular complexity index is 917. The number of nitrogens with zero attached hydrogens (tertiary/aromatic N) is 5. The van der Waals surface area contributed by atoms with E-state index < -0.39 is 27.1 Å². The molecule has 2 rings (SSSR count). The van der Waals surface area contributed by atoms with Crippen LogP contribution in [0.3, 0.4) is 0 Å². The molecule has 0 spiro atoms. The van der Waals surface area contributed by atoms with E-state index >= 15 is 0 Å². The fourth-order valence-corrected chi connectivity index (χ4v) is 3.41. The molecule has 0 bridgehead atoms. The molecule has 1 heterocycles. The van der Waals surface area contributed by atoms with Gasteiger partial charge in [-0.05, 0) is 26.0 Å². The van der Waals surface area contributed by atoms with E-state index in [4.69, 9.17) is 5.26 Å². The molecule has 0 aliphatic heterocycles. The molecule has 0 aliphatic carbocycles. The number of aromatic nitrogens is 4. The second-order valence-corrected chi connectivity index (χ2v) is 7.45. The van der Waals surface area contributed by atoms with Crippen molar-refractivity contribution in [3.8, 4) is 6.07 Å². The minimum atomic E-state index is -3.91. The van der Waals surface area contributed by atoms with E-state index in [9.17, 15) is 18.3 Å². The molecular formula is C14H14N6O4S. The van der Waals surface area contributed by atoms with E-state index in [0.29, 0.717) is 0 Å². The number of nitriles is 1. The van der Waals surface area contributed by atoms with Crippen LogP contribution in [0, 0.1) is 18.3 Å². The average Bonchev–Trinajstić information content (AvgIpc) is 2.55. The van der Waals surface area contributed by atoms with Crippen molar-refractivity contribution in [2.45, 2.75) is 24.3 Å². The van der Waals surface area contributed by atoms with Crippen LogP contribution in [0.15, 0.2) is 29.2 Å². The number of aryl methyl sites for hydroxylation is 1. The highest BCUT2D eigenvalue weighted by molar-refractivity contribution is 7.91. The summed E-state index contributed by atoms with van der Waals surface area (Å²) in [6, 6.07) is 7.63. The fraction of sp³-hybridized carbons (Fsp3) is 0.286. The molecule has 10 nitrogen and oxygen atoms in total. The lowest BCUT2D eigenvalue weighted by molar-refractivity contribution is -0.130. The Labute approximate surface area is 143 Å². The van der Waals surface area contributed by atoms with Gasteiger partial charge in [0.15, 0.2) is 15.4 Å². The molecule has 2 N–H and O–H groups in total. The molecular weight excluding hydrogens is 348 g/mol. The number of carbonyl (C=O) groups excluding carboxylic acids is 1. The normalized spacial score (nSPS) is 13.5. The van der Waals surface area contributed by atoms with Gasteiger partial charge in [-0.25, -0.2) is 8.42 Å². The number of amides is 1. The third-order valence-electron chi connectivity index (χ3n) is 3.14. The van der Waals surface area contributed by atoms with Crippen molar-refractivity contribution in [3.63, 3.8) is 0 Å². The number of carbonyl (C=O) groups is 1. The van der Waals surface area contributed by atoms with Gasteiger partial charge in [0.1, 0.15) is 6.07 Å². The van der Waals surface area contributed by atoms with E-state index in [0.717, 1.165) is 12.5 Å². The quantitative estimate of drug-likeness (QED) is 0.722. The first-order chi connectivity index (χ1) is 11.6. The summed E-state index contributed by atoms with van der Waals surface area (Å²) in [4.78, 5) is 12.1. The number of rotatable bonds is 5. The zero-order chi connectivity index (χ0) is 18.7. The van der Waals surface area contributed by atoms with Crippen molar-refractivity contribution in [1.82, 2.24) is 20.4 Å². The van der Waals surface area contributed by atoms with Gasteiger partial charge in [0.05, 0.1) is 10.6 Å². The van der Waals surface area contributed by atoms with Crippen LogP contribution in [-0.2, 0) is 14.6 Å². The molecule has 0 unspecified atom stereocenters. The maximum atomic E-state index is 12.4. The van der Waals surface area contributed by atoms with Crippen molar-refractivity contribution in [2.75, 3.05) is 11.1 Å². The molecule has 1 atom stereocenters. The van der Waals surface area contributed by atoms with Crippen molar-refractivity contribution in [2.24, 2.45) is 0 Å². The van der Waals surface area contributed by atoms with Gasteiger partial charge in [0.2, 0.25) is 0 Å². The van der Waals surface area contributed by atoms with Crippen LogP contribution in [0.25, 0.3) is 0 Å². The number of benzene rings is 1. The van der Waals surface area contributed by atoms with Crippen molar-refractivity contribution in [1.29, 1.82) is 5.26 Å². The van der Waals surface area contributed by atoms with Crippen LogP contribution in [0.4, 0.5) is 5.95 Å². The topological polar surface area (TPSA) is 159 Å². The molecule has 130 valence electrons. The molecule has 0 aliphatic rings. The third-order valence-corrected chi connectivity index (χ3v) is 5.08. The second-order valence-electron chi connectivity index (χ2n) is 5.46. The standard InChI is InChI=1S/C14H14N6O4S/c1-9-3-5-10(6-4-9)25(23,24)8-14(2,22)12(21)16-13-19-17-11(7-15)18-20-13/h3-6,22H,8H2,1-2H3,(H,16,19,20,21)/t14-/m0/s1. The van der Waals surface area contributed by atoms with Crippen LogP contribution >= 0.6 is 0 Å².